The molecule has 1 heterocycles. The first-order valence-electron chi connectivity index (χ1n) is 4.05. The van der Waals surface area contributed by atoms with E-state index in [1.807, 2.05) is 0 Å². The van der Waals surface area contributed by atoms with E-state index < -0.39 is 0 Å². The average molecular weight is 169 g/mol. The van der Waals surface area contributed by atoms with Crippen LogP contribution in [0.3, 0.4) is 0 Å². The molecule has 0 saturated heterocycles. The molecule has 0 fully saturated rings. The van der Waals surface area contributed by atoms with E-state index in [1.54, 1.807) is 4.68 Å². The normalized spacial score (nSPS) is 12.0. The fraction of sp³-hybridized carbons (Fsp3) is 0.750. The number of nitrogens with zero attached hydrogens (tertiary/aromatic N) is 3. The van der Waals surface area contributed by atoms with Crippen molar-refractivity contribution in [1.29, 1.82) is 0 Å². The fourth-order valence-electron chi connectivity index (χ4n) is 1.10. The minimum absolute atomic E-state index is 0.00826. The molecule has 4 heteroatoms. The Morgan fingerprint density at radius 1 is 1.50 bits per heavy atom. The Balaban J connectivity index is 2.91. The molecule has 1 aromatic heterocycles. The van der Waals surface area contributed by atoms with Crippen LogP contribution in [0.2, 0.25) is 0 Å². The van der Waals surface area contributed by atoms with Crippen LogP contribution >= 0.6 is 0 Å². The minimum Gasteiger partial charge on any atom is -0.394 e. The van der Waals surface area contributed by atoms with Crippen LogP contribution in [-0.2, 0) is 12.0 Å². The van der Waals surface area contributed by atoms with Crippen molar-refractivity contribution in [3.05, 3.63) is 12.2 Å². The van der Waals surface area contributed by atoms with Gasteiger partial charge >= 0.3 is 0 Å². The van der Waals surface area contributed by atoms with Gasteiger partial charge in [-0.1, -0.05) is 20.8 Å². The smallest absolute Gasteiger partial charge is 0.138 e. The standard InChI is InChI=1S/C8H15N3O/c1-8(2,3)7-9-6-10-11(7)4-5-12/h6,12H,4-5H2,1-3H3. The molecule has 0 aromatic carbocycles. The lowest BCUT2D eigenvalue weighted by Gasteiger charge is -2.17. The quantitative estimate of drug-likeness (QED) is 0.704. The van der Waals surface area contributed by atoms with E-state index in [4.69, 9.17) is 5.11 Å². The molecule has 0 saturated carbocycles. The van der Waals surface area contributed by atoms with Crippen molar-refractivity contribution in [2.75, 3.05) is 6.61 Å². The first kappa shape index (κ1) is 9.19. The van der Waals surface area contributed by atoms with E-state index in [0.29, 0.717) is 6.54 Å². The highest BCUT2D eigenvalue weighted by molar-refractivity contribution is 5.00. The molecule has 0 aliphatic carbocycles. The zero-order valence-corrected chi connectivity index (χ0v) is 7.78. The van der Waals surface area contributed by atoms with Crippen LogP contribution < -0.4 is 0 Å². The van der Waals surface area contributed by atoms with E-state index >= 15 is 0 Å². The molecule has 0 amide bonds. The van der Waals surface area contributed by atoms with Crippen LogP contribution in [-0.4, -0.2) is 26.5 Å². The van der Waals surface area contributed by atoms with Crippen molar-refractivity contribution in [2.45, 2.75) is 32.7 Å². The van der Waals surface area contributed by atoms with Crippen molar-refractivity contribution in [3.63, 3.8) is 0 Å². The maximum atomic E-state index is 8.74. The van der Waals surface area contributed by atoms with Gasteiger partial charge in [0, 0.05) is 5.41 Å². The molecule has 4 nitrogen and oxygen atoms in total. The summed E-state index contributed by atoms with van der Waals surface area (Å²) in [7, 11) is 0. The highest BCUT2D eigenvalue weighted by atomic mass is 16.3. The van der Waals surface area contributed by atoms with E-state index in [0.717, 1.165) is 5.82 Å². The van der Waals surface area contributed by atoms with Crippen molar-refractivity contribution < 1.29 is 5.11 Å². The topological polar surface area (TPSA) is 50.9 Å². The second kappa shape index (κ2) is 3.23. The molecule has 0 spiro atoms. The first-order chi connectivity index (χ1) is 5.55. The van der Waals surface area contributed by atoms with Gasteiger partial charge in [0.15, 0.2) is 0 Å². The molecule has 0 radical (unpaired) electrons. The summed E-state index contributed by atoms with van der Waals surface area (Å²) in [5.41, 5.74) is -0.00826. The number of aliphatic hydroxyl groups is 1. The summed E-state index contributed by atoms with van der Waals surface area (Å²) >= 11 is 0. The van der Waals surface area contributed by atoms with Crippen LogP contribution in [0.15, 0.2) is 6.33 Å². The number of aromatic nitrogens is 3. The number of hydrogen-bond donors (Lipinski definition) is 1. The van der Waals surface area contributed by atoms with Gasteiger partial charge in [0.25, 0.3) is 0 Å². The molecular formula is C8H15N3O. The van der Waals surface area contributed by atoms with Gasteiger partial charge < -0.3 is 5.11 Å². The molecule has 1 aromatic rings. The van der Waals surface area contributed by atoms with Crippen molar-refractivity contribution in [1.82, 2.24) is 14.8 Å². The van der Waals surface area contributed by atoms with Crippen LogP contribution in [0.5, 0.6) is 0 Å². The Hall–Kier alpha value is -0.900. The summed E-state index contributed by atoms with van der Waals surface area (Å²) in [5, 5.41) is 12.8. The molecular weight excluding hydrogens is 154 g/mol. The zero-order valence-electron chi connectivity index (χ0n) is 7.78. The fourth-order valence-corrected chi connectivity index (χ4v) is 1.10. The number of hydrogen-bond acceptors (Lipinski definition) is 3. The van der Waals surface area contributed by atoms with Crippen LogP contribution in [0.25, 0.3) is 0 Å². The van der Waals surface area contributed by atoms with Crippen molar-refractivity contribution in [2.24, 2.45) is 0 Å². The lowest BCUT2D eigenvalue weighted by Crippen LogP contribution is -2.20. The van der Waals surface area contributed by atoms with Gasteiger partial charge in [0.1, 0.15) is 12.2 Å². The molecule has 1 rings (SSSR count). The summed E-state index contributed by atoms with van der Waals surface area (Å²) in [6.45, 7) is 6.85. The Kier molecular flexibility index (Phi) is 2.47. The van der Waals surface area contributed by atoms with Crippen molar-refractivity contribution in [3.8, 4) is 0 Å². The monoisotopic (exact) mass is 169 g/mol. The maximum absolute atomic E-state index is 8.74. The van der Waals surface area contributed by atoms with Crippen molar-refractivity contribution >= 4 is 0 Å². The third kappa shape index (κ3) is 1.82. The van der Waals surface area contributed by atoms with Crippen LogP contribution in [0.1, 0.15) is 26.6 Å². The van der Waals surface area contributed by atoms with Crippen LogP contribution in [0.4, 0.5) is 0 Å². The SMILES string of the molecule is CC(C)(C)c1ncnn1CCO. The van der Waals surface area contributed by atoms with Gasteiger partial charge in [-0.25, -0.2) is 9.67 Å². The van der Waals surface area contributed by atoms with Gasteiger partial charge in [0.2, 0.25) is 0 Å². The summed E-state index contributed by atoms with van der Waals surface area (Å²) in [4.78, 5) is 4.15. The van der Waals surface area contributed by atoms with Gasteiger partial charge in [-0.15, -0.1) is 0 Å². The first-order valence-corrected chi connectivity index (χ1v) is 4.05. The Labute approximate surface area is 72.2 Å². The molecule has 0 aliphatic heterocycles. The van der Waals surface area contributed by atoms with E-state index in [1.165, 1.54) is 6.33 Å². The van der Waals surface area contributed by atoms with E-state index in [9.17, 15) is 0 Å². The molecule has 12 heavy (non-hydrogen) atoms. The zero-order chi connectivity index (χ0) is 9.19. The minimum atomic E-state index is -0.00826. The van der Waals surface area contributed by atoms with Gasteiger partial charge in [-0.3, -0.25) is 0 Å². The maximum Gasteiger partial charge on any atom is 0.138 e. The highest BCUT2D eigenvalue weighted by Gasteiger charge is 2.19. The summed E-state index contributed by atoms with van der Waals surface area (Å²) in [6.07, 6.45) is 1.52. The summed E-state index contributed by atoms with van der Waals surface area (Å²) < 4.78 is 1.74. The van der Waals surface area contributed by atoms with E-state index in [-0.39, 0.29) is 12.0 Å². The second-order valence-electron chi connectivity index (χ2n) is 3.78. The van der Waals surface area contributed by atoms with Gasteiger partial charge in [-0.2, -0.15) is 5.10 Å². The van der Waals surface area contributed by atoms with Crippen LogP contribution in [0, 0.1) is 0 Å². The Bertz CT molecular complexity index is 249. The molecule has 0 bridgehead atoms. The second-order valence-corrected chi connectivity index (χ2v) is 3.78. The predicted octanol–water partition coefficient (Wildman–Crippen LogP) is 0.568. The lowest BCUT2D eigenvalue weighted by molar-refractivity contribution is 0.263. The average Bonchev–Trinajstić information content (AvgIpc) is 2.34. The van der Waals surface area contributed by atoms with E-state index in [2.05, 4.69) is 30.9 Å². The Morgan fingerprint density at radius 2 is 2.17 bits per heavy atom. The van der Waals surface area contributed by atoms with Gasteiger partial charge in [0.05, 0.1) is 13.2 Å². The third-order valence-electron chi connectivity index (χ3n) is 1.60. The lowest BCUT2D eigenvalue weighted by atomic mass is 9.96. The molecule has 0 aliphatic rings. The predicted molar refractivity (Wildman–Crippen MR) is 45.8 cm³/mol. The molecule has 0 unspecified atom stereocenters. The highest BCUT2D eigenvalue weighted by Crippen LogP contribution is 2.18. The number of rotatable bonds is 2. The largest absolute Gasteiger partial charge is 0.394 e. The summed E-state index contributed by atoms with van der Waals surface area (Å²) in [5.74, 6) is 0.913. The third-order valence-corrected chi connectivity index (χ3v) is 1.60. The Morgan fingerprint density at radius 3 is 2.67 bits per heavy atom. The molecule has 68 valence electrons. The molecule has 1 N–H and O–H groups in total. The summed E-state index contributed by atoms with van der Waals surface area (Å²) in [6, 6.07) is 0. The van der Waals surface area contributed by atoms with Gasteiger partial charge in [-0.05, 0) is 0 Å². The molecule has 0 atom stereocenters. The number of aliphatic hydroxyl groups excluding tert-OH is 1.